The molecule has 0 aromatic carbocycles. The van der Waals surface area contributed by atoms with E-state index in [9.17, 15) is 9.59 Å². The van der Waals surface area contributed by atoms with Gasteiger partial charge in [0.15, 0.2) is 5.65 Å². The molecule has 2 aromatic rings. The Kier molecular flexibility index (Phi) is 4.39. The molecule has 0 saturated carbocycles. The van der Waals surface area contributed by atoms with Gasteiger partial charge in [-0.1, -0.05) is 20.8 Å². The van der Waals surface area contributed by atoms with Crippen molar-refractivity contribution in [2.75, 3.05) is 6.61 Å². The average Bonchev–Trinajstić information content (AvgIpc) is 2.88. The van der Waals surface area contributed by atoms with Crippen molar-refractivity contribution >= 4 is 11.2 Å². The molecule has 7 heteroatoms. The van der Waals surface area contributed by atoms with Crippen LogP contribution >= 0.6 is 0 Å². The number of rotatable bonds is 6. The predicted octanol–water partition coefficient (Wildman–Crippen LogP) is 0.926. The molecule has 20 heavy (non-hydrogen) atoms. The lowest BCUT2D eigenvalue weighted by Crippen LogP contribution is -2.41. The summed E-state index contributed by atoms with van der Waals surface area (Å²) in [5.74, 6) is 0.273. The van der Waals surface area contributed by atoms with Crippen molar-refractivity contribution in [1.82, 2.24) is 19.1 Å². The van der Waals surface area contributed by atoms with Crippen LogP contribution in [-0.2, 0) is 18.0 Å². The van der Waals surface area contributed by atoms with Crippen molar-refractivity contribution in [2.45, 2.75) is 40.5 Å². The lowest BCUT2D eigenvalue weighted by Gasteiger charge is -2.13. The minimum atomic E-state index is -0.390. The number of aromatic nitrogens is 4. The van der Waals surface area contributed by atoms with Gasteiger partial charge < -0.3 is 9.72 Å². The van der Waals surface area contributed by atoms with Gasteiger partial charge in [-0.25, -0.2) is 14.3 Å². The molecule has 0 aliphatic heterocycles. The molecular weight excluding hydrogens is 260 g/mol. The largest absolute Gasteiger partial charge is 0.360 e. The van der Waals surface area contributed by atoms with Gasteiger partial charge in [-0.2, -0.15) is 0 Å². The number of aromatic amines is 1. The minimum absolute atomic E-state index is 0.0292. The highest BCUT2D eigenvalue weighted by atomic mass is 16.5. The van der Waals surface area contributed by atoms with Gasteiger partial charge in [-0.3, -0.25) is 9.36 Å². The number of nitrogens with zero attached hydrogens (tertiary/aromatic N) is 3. The highest BCUT2D eigenvalue weighted by Crippen LogP contribution is 2.05. The van der Waals surface area contributed by atoms with Crippen LogP contribution in [0.2, 0.25) is 0 Å². The monoisotopic (exact) mass is 280 g/mol. The van der Waals surface area contributed by atoms with E-state index in [-0.39, 0.29) is 18.3 Å². The first-order valence-electron chi connectivity index (χ1n) is 6.80. The molecule has 110 valence electrons. The lowest BCUT2D eigenvalue weighted by molar-refractivity contribution is 0.0715. The molecule has 0 fully saturated rings. The van der Waals surface area contributed by atoms with Gasteiger partial charge in [0.1, 0.15) is 12.2 Å². The van der Waals surface area contributed by atoms with Gasteiger partial charge in [0.25, 0.3) is 5.56 Å². The Bertz CT molecular complexity index is 696. The van der Waals surface area contributed by atoms with Crippen LogP contribution in [0.25, 0.3) is 11.2 Å². The number of imidazole rings is 1. The third-order valence-electron chi connectivity index (χ3n) is 2.91. The first kappa shape index (κ1) is 14.5. The van der Waals surface area contributed by atoms with Gasteiger partial charge in [0.2, 0.25) is 0 Å². The smallest absolute Gasteiger partial charge is 0.334 e. The predicted molar refractivity (Wildman–Crippen MR) is 75.7 cm³/mol. The second-order valence-corrected chi connectivity index (χ2v) is 5.16. The Morgan fingerprint density at radius 1 is 1.35 bits per heavy atom. The summed E-state index contributed by atoms with van der Waals surface area (Å²) in [7, 11) is 0. The summed E-state index contributed by atoms with van der Waals surface area (Å²) in [4.78, 5) is 31.5. The van der Waals surface area contributed by atoms with Crippen LogP contribution in [-0.4, -0.2) is 25.7 Å². The SMILES string of the molecule is CCCOCn1c(=O)c2[nH]cnc2n(CC(C)C)c1=O. The molecule has 0 radical (unpaired) electrons. The second kappa shape index (κ2) is 6.04. The fourth-order valence-electron chi connectivity index (χ4n) is 2.05. The average molecular weight is 280 g/mol. The zero-order valence-electron chi connectivity index (χ0n) is 12.0. The number of ether oxygens (including phenoxy) is 1. The number of hydrogen-bond acceptors (Lipinski definition) is 4. The van der Waals surface area contributed by atoms with E-state index >= 15 is 0 Å². The summed E-state index contributed by atoms with van der Waals surface area (Å²) in [6, 6.07) is 0. The highest BCUT2D eigenvalue weighted by molar-refractivity contribution is 5.68. The van der Waals surface area contributed by atoms with E-state index in [0.29, 0.717) is 24.3 Å². The first-order valence-corrected chi connectivity index (χ1v) is 6.80. The normalized spacial score (nSPS) is 11.6. The lowest BCUT2D eigenvalue weighted by atomic mass is 10.2. The minimum Gasteiger partial charge on any atom is -0.360 e. The van der Waals surface area contributed by atoms with Crippen molar-refractivity contribution in [3.63, 3.8) is 0 Å². The fraction of sp³-hybridized carbons (Fsp3) is 0.615. The number of hydrogen-bond donors (Lipinski definition) is 1. The molecule has 0 aliphatic carbocycles. The maximum Gasteiger partial charge on any atom is 0.334 e. The number of nitrogens with one attached hydrogen (secondary N) is 1. The van der Waals surface area contributed by atoms with Crippen molar-refractivity contribution in [1.29, 1.82) is 0 Å². The fourth-order valence-corrected chi connectivity index (χ4v) is 2.05. The topological polar surface area (TPSA) is 81.9 Å². The molecule has 7 nitrogen and oxygen atoms in total. The molecule has 0 saturated heterocycles. The van der Waals surface area contributed by atoms with Crippen LogP contribution in [0.4, 0.5) is 0 Å². The van der Waals surface area contributed by atoms with E-state index in [4.69, 9.17) is 4.74 Å². The van der Waals surface area contributed by atoms with Gasteiger partial charge in [0, 0.05) is 13.2 Å². The van der Waals surface area contributed by atoms with E-state index in [2.05, 4.69) is 9.97 Å². The van der Waals surface area contributed by atoms with E-state index in [1.165, 1.54) is 10.9 Å². The Labute approximate surface area is 116 Å². The molecule has 0 bridgehead atoms. The van der Waals surface area contributed by atoms with E-state index in [1.54, 1.807) is 0 Å². The third-order valence-corrected chi connectivity index (χ3v) is 2.91. The van der Waals surface area contributed by atoms with E-state index in [0.717, 1.165) is 11.0 Å². The molecule has 0 unspecified atom stereocenters. The Hall–Kier alpha value is -1.89. The van der Waals surface area contributed by atoms with Gasteiger partial charge >= 0.3 is 5.69 Å². The molecule has 2 aromatic heterocycles. The Morgan fingerprint density at radius 2 is 2.10 bits per heavy atom. The maximum absolute atomic E-state index is 12.4. The van der Waals surface area contributed by atoms with Crippen LogP contribution in [0.3, 0.4) is 0 Å². The molecule has 1 N–H and O–H groups in total. The summed E-state index contributed by atoms with van der Waals surface area (Å²) < 4.78 is 7.96. The summed E-state index contributed by atoms with van der Waals surface area (Å²) >= 11 is 0. The Morgan fingerprint density at radius 3 is 2.75 bits per heavy atom. The van der Waals surface area contributed by atoms with Crippen molar-refractivity contribution in [2.24, 2.45) is 5.92 Å². The third kappa shape index (κ3) is 2.67. The first-order chi connectivity index (χ1) is 9.56. The van der Waals surface area contributed by atoms with Crippen LogP contribution < -0.4 is 11.2 Å². The zero-order chi connectivity index (χ0) is 14.7. The van der Waals surface area contributed by atoms with Crippen LogP contribution in [0.5, 0.6) is 0 Å². The van der Waals surface area contributed by atoms with E-state index in [1.807, 2.05) is 20.8 Å². The quantitative estimate of drug-likeness (QED) is 0.798. The van der Waals surface area contributed by atoms with Crippen molar-refractivity contribution in [3.05, 3.63) is 27.2 Å². The summed E-state index contributed by atoms with van der Waals surface area (Å²) in [5, 5.41) is 0. The summed E-state index contributed by atoms with van der Waals surface area (Å²) in [6.07, 6.45) is 2.26. The molecule has 2 heterocycles. The van der Waals surface area contributed by atoms with Gasteiger partial charge in [-0.15, -0.1) is 0 Å². The standard InChI is InChI=1S/C13H20N4O3/c1-4-5-20-8-17-12(18)10-11(15-7-14-10)16(13(17)19)6-9(2)3/h7,9H,4-6,8H2,1-3H3,(H,14,15). The van der Waals surface area contributed by atoms with E-state index < -0.39 is 5.56 Å². The molecule has 0 aliphatic rings. The molecule has 0 spiro atoms. The molecule has 0 atom stereocenters. The summed E-state index contributed by atoms with van der Waals surface area (Å²) in [6.45, 7) is 6.98. The number of fused-ring (bicyclic) bond motifs is 1. The van der Waals surface area contributed by atoms with Gasteiger partial charge in [-0.05, 0) is 12.3 Å². The Balaban J connectivity index is 2.56. The summed E-state index contributed by atoms with van der Waals surface area (Å²) in [5.41, 5.74) is -0.0243. The zero-order valence-corrected chi connectivity index (χ0v) is 12.0. The van der Waals surface area contributed by atoms with Gasteiger partial charge in [0.05, 0.1) is 6.33 Å². The van der Waals surface area contributed by atoms with Crippen molar-refractivity contribution < 1.29 is 4.74 Å². The van der Waals surface area contributed by atoms with Crippen LogP contribution in [0, 0.1) is 5.92 Å². The number of H-pyrrole nitrogens is 1. The van der Waals surface area contributed by atoms with Crippen LogP contribution in [0.1, 0.15) is 27.2 Å². The molecule has 0 amide bonds. The maximum atomic E-state index is 12.4. The second-order valence-electron chi connectivity index (χ2n) is 5.16. The van der Waals surface area contributed by atoms with Crippen LogP contribution in [0.15, 0.2) is 15.9 Å². The van der Waals surface area contributed by atoms with Crippen molar-refractivity contribution in [3.8, 4) is 0 Å². The molecule has 2 rings (SSSR count). The highest BCUT2D eigenvalue weighted by Gasteiger charge is 2.15. The molecular formula is C13H20N4O3.